The van der Waals surface area contributed by atoms with Crippen LogP contribution in [0.5, 0.6) is 11.5 Å². The second-order valence-electron chi connectivity index (χ2n) is 6.05. The van der Waals surface area contributed by atoms with Crippen molar-refractivity contribution in [2.75, 3.05) is 25.6 Å². The van der Waals surface area contributed by atoms with Crippen molar-refractivity contribution < 1.29 is 28.6 Å². The topological polar surface area (TPSA) is 90.9 Å². The molecule has 3 aromatic rings. The summed E-state index contributed by atoms with van der Waals surface area (Å²) in [4.78, 5) is 34.8. The average Bonchev–Trinajstić information content (AvgIpc) is 2.76. The van der Waals surface area contributed by atoms with Crippen LogP contribution in [0.4, 0.5) is 5.69 Å². The summed E-state index contributed by atoms with van der Waals surface area (Å²) in [7, 11) is 1.42. The van der Waals surface area contributed by atoms with Crippen LogP contribution in [0.25, 0.3) is 10.8 Å². The van der Waals surface area contributed by atoms with Gasteiger partial charge in [-0.05, 0) is 29.7 Å². The Bertz CT molecular complexity index is 1040. The maximum atomic E-state index is 12.1. The van der Waals surface area contributed by atoms with Gasteiger partial charge in [0.05, 0.1) is 7.11 Å². The van der Waals surface area contributed by atoms with Crippen LogP contribution in [0.1, 0.15) is 10.4 Å². The summed E-state index contributed by atoms with van der Waals surface area (Å²) in [6.07, 6.45) is 0.676. The number of hydrogen-bond acceptors (Lipinski definition) is 6. The van der Waals surface area contributed by atoms with Gasteiger partial charge < -0.3 is 19.5 Å². The van der Waals surface area contributed by atoms with Crippen molar-refractivity contribution in [3.63, 3.8) is 0 Å². The Balaban J connectivity index is 1.51. The number of anilines is 1. The minimum atomic E-state index is -0.709. The third-order valence-electron chi connectivity index (χ3n) is 4.10. The third-order valence-corrected chi connectivity index (χ3v) is 4.10. The molecule has 0 saturated carbocycles. The molecular formula is C22H19NO6. The van der Waals surface area contributed by atoms with Gasteiger partial charge in [-0.15, -0.1) is 0 Å². The van der Waals surface area contributed by atoms with Crippen molar-refractivity contribution in [1.29, 1.82) is 0 Å². The summed E-state index contributed by atoms with van der Waals surface area (Å²) < 4.78 is 15.4. The minimum absolute atomic E-state index is 0.287. The van der Waals surface area contributed by atoms with Crippen molar-refractivity contribution in [1.82, 2.24) is 0 Å². The number of ether oxygens (including phenoxy) is 3. The van der Waals surface area contributed by atoms with Gasteiger partial charge in [0.1, 0.15) is 6.29 Å². The lowest BCUT2D eigenvalue weighted by Crippen LogP contribution is -2.23. The number of amides is 1. The molecule has 0 saturated heterocycles. The number of rotatable bonds is 8. The molecule has 0 aliphatic rings. The van der Waals surface area contributed by atoms with Gasteiger partial charge in [0.15, 0.2) is 24.7 Å². The van der Waals surface area contributed by atoms with E-state index < -0.39 is 25.1 Å². The standard InChI is InChI=1S/C22H19NO6/c1-27-20-11-15(12-24)9-10-19(20)28-14-22(26)29-13-21(25)23-18-8-4-6-16-5-2-3-7-17(16)18/h2-12H,13-14H2,1H3,(H,23,25). The first-order chi connectivity index (χ1) is 14.1. The van der Waals surface area contributed by atoms with Crippen molar-refractivity contribution in [3.05, 3.63) is 66.2 Å². The van der Waals surface area contributed by atoms with Crippen LogP contribution in [-0.2, 0) is 14.3 Å². The molecule has 0 heterocycles. The second-order valence-corrected chi connectivity index (χ2v) is 6.05. The summed E-state index contributed by atoms with van der Waals surface area (Å²) in [6.45, 7) is -0.842. The summed E-state index contributed by atoms with van der Waals surface area (Å²) in [5.74, 6) is -0.562. The Labute approximate surface area is 167 Å². The van der Waals surface area contributed by atoms with Gasteiger partial charge in [-0.25, -0.2) is 4.79 Å². The van der Waals surface area contributed by atoms with Crippen LogP contribution >= 0.6 is 0 Å². The second kappa shape index (κ2) is 9.36. The number of nitrogens with one attached hydrogen (secondary N) is 1. The van der Waals surface area contributed by atoms with E-state index in [2.05, 4.69) is 5.32 Å². The predicted molar refractivity (Wildman–Crippen MR) is 107 cm³/mol. The molecule has 3 aromatic carbocycles. The van der Waals surface area contributed by atoms with E-state index in [1.165, 1.54) is 25.3 Å². The number of methoxy groups -OCH3 is 1. The number of esters is 1. The molecule has 148 valence electrons. The maximum absolute atomic E-state index is 12.1. The lowest BCUT2D eigenvalue weighted by molar-refractivity contribution is -0.149. The van der Waals surface area contributed by atoms with Gasteiger partial charge in [-0.2, -0.15) is 0 Å². The highest BCUT2D eigenvalue weighted by Gasteiger charge is 2.12. The van der Waals surface area contributed by atoms with E-state index in [4.69, 9.17) is 14.2 Å². The van der Waals surface area contributed by atoms with Crippen molar-refractivity contribution >= 4 is 34.6 Å². The number of aldehydes is 1. The minimum Gasteiger partial charge on any atom is -0.493 e. The van der Waals surface area contributed by atoms with Crippen LogP contribution in [0, 0.1) is 0 Å². The van der Waals surface area contributed by atoms with Crippen LogP contribution in [0.2, 0.25) is 0 Å². The zero-order valence-corrected chi connectivity index (χ0v) is 15.7. The first-order valence-corrected chi connectivity index (χ1v) is 8.80. The van der Waals surface area contributed by atoms with Gasteiger partial charge in [-0.3, -0.25) is 9.59 Å². The number of benzene rings is 3. The Morgan fingerprint density at radius 3 is 2.55 bits per heavy atom. The molecule has 0 unspecified atom stereocenters. The van der Waals surface area contributed by atoms with E-state index in [-0.39, 0.29) is 5.75 Å². The van der Waals surface area contributed by atoms with Crippen molar-refractivity contribution in [2.24, 2.45) is 0 Å². The van der Waals surface area contributed by atoms with Crippen LogP contribution in [0.15, 0.2) is 60.7 Å². The predicted octanol–water partition coefficient (Wildman–Crippen LogP) is 3.22. The Hall–Kier alpha value is -3.87. The molecule has 0 radical (unpaired) electrons. The van der Waals surface area contributed by atoms with Gasteiger partial charge in [0.25, 0.3) is 5.91 Å². The quantitative estimate of drug-likeness (QED) is 0.467. The largest absolute Gasteiger partial charge is 0.493 e. The number of carbonyl (C=O) groups excluding carboxylic acids is 3. The van der Waals surface area contributed by atoms with Crippen molar-refractivity contribution in [3.8, 4) is 11.5 Å². The zero-order chi connectivity index (χ0) is 20.6. The molecule has 0 aliphatic heterocycles. The van der Waals surface area contributed by atoms with E-state index in [0.29, 0.717) is 23.3 Å². The number of fused-ring (bicyclic) bond motifs is 1. The molecule has 0 fully saturated rings. The SMILES string of the molecule is COc1cc(C=O)ccc1OCC(=O)OCC(=O)Nc1cccc2ccccc12. The molecule has 1 amide bonds. The lowest BCUT2D eigenvalue weighted by atomic mass is 10.1. The number of hydrogen-bond donors (Lipinski definition) is 1. The Morgan fingerprint density at radius 1 is 0.966 bits per heavy atom. The monoisotopic (exact) mass is 393 g/mol. The molecule has 7 heteroatoms. The van der Waals surface area contributed by atoms with E-state index in [1.807, 2.05) is 36.4 Å². The fourth-order valence-electron chi connectivity index (χ4n) is 2.72. The van der Waals surface area contributed by atoms with E-state index in [9.17, 15) is 14.4 Å². The molecule has 0 bridgehead atoms. The van der Waals surface area contributed by atoms with Gasteiger partial charge in [-0.1, -0.05) is 36.4 Å². The van der Waals surface area contributed by atoms with Crippen LogP contribution in [0.3, 0.4) is 0 Å². The summed E-state index contributed by atoms with van der Waals surface area (Å²) >= 11 is 0. The fraction of sp³-hybridized carbons (Fsp3) is 0.136. The Kier molecular flexibility index (Phi) is 6.42. The van der Waals surface area contributed by atoms with Crippen LogP contribution in [-0.4, -0.2) is 38.5 Å². The fourth-order valence-corrected chi connectivity index (χ4v) is 2.72. The van der Waals surface area contributed by atoms with Crippen molar-refractivity contribution in [2.45, 2.75) is 0 Å². The first-order valence-electron chi connectivity index (χ1n) is 8.80. The Morgan fingerprint density at radius 2 is 1.76 bits per heavy atom. The lowest BCUT2D eigenvalue weighted by Gasteiger charge is -2.11. The first kappa shape index (κ1) is 19.9. The van der Waals surface area contributed by atoms with Gasteiger partial charge in [0, 0.05) is 16.6 Å². The smallest absolute Gasteiger partial charge is 0.344 e. The average molecular weight is 393 g/mol. The summed E-state index contributed by atoms with van der Waals surface area (Å²) in [6, 6.07) is 17.7. The van der Waals surface area contributed by atoms with Gasteiger partial charge in [0.2, 0.25) is 0 Å². The van der Waals surface area contributed by atoms with Crippen LogP contribution < -0.4 is 14.8 Å². The molecule has 0 spiro atoms. The molecule has 29 heavy (non-hydrogen) atoms. The van der Waals surface area contributed by atoms with E-state index >= 15 is 0 Å². The summed E-state index contributed by atoms with van der Waals surface area (Å²) in [5.41, 5.74) is 1.06. The molecule has 1 N–H and O–H groups in total. The highest BCUT2D eigenvalue weighted by atomic mass is 16.6. The normalized spacial score (nSPS) is 10.2. The molecule has 7 nitrogen and oxygen atoms in total. The van der Waals surface area contributed by atoms with E-state index in [1.54, 1.807) is 6.07 Å². The maximum Gasteiger partial charge on any atom is 0.344 e. The van der Waals surface area contributed by atoms with E-state index in [0.717, 1.165) is 10.8 Å². The zero-order valence-electron chi connectivity index (χ0n) is 15.7. The third kappa shape index (κ3) is 5.10. The van der Waals surface area contributed by atoms with Gasteiger partial charge >= 0.3 is 5.97 Å². The molecule has 0 atom stereocenters. The highest BCUT2D eigenvalue weighted by molar-refractivity contribution is 6.02. The highest BCUT2D eigenvalue weighted by Crippen LogP contribution is 2.27. The molecular weight excluding hydrogens is 374 g/mol. The summed E-state index contributed by atoms with van der Waals surface area (Å²) in [5, 5.41) is 4.62. The molecule has 3 rings (SSSR count). The molecule has 0 aromatic heterocycles. The molecule has 0 aliphatic carbocycles. The number of carbonyl (C=O) groups is 3.